The molecule has 1 rings (SSSR count). The average molecular weight is 319 g/mol. The molecule has 0 aromatic rings. The minimum absolute atomic E-state index is 0.459. The summed E-state index contributed by atoms with van der Waals surface area (Å²) in [4.78, 5) is 0. The van der Waals surface area contributed by atoms with Crippen LogP contribution in [0.2, 0.25) is 0 Å². The van der Waals surface area contributed by atoms with Gasteiger partial charge in [-0.15, -0.1) is 0 Å². The molecule has 1 fully saturated rings. The minimum Gasteiger partial charge on any atom is -0.381 e. The zero-order valence-corrected chi connectivity index (χ0v) is 13.8. The van der Waals surface area contributed by atoms with Gasteiger partial charge in [0, 0.05) is 17.4 Å². The Labute approximate surface area is 122 Å². The Morgan fingerprint density at radius 3 is 2.28 bits per heavy atom. The number of hydrogen-bond donors (Lipinski definition) is 0. The van der Waals surface area contributed by atoms with Crippen molar-refractivity contribution in [3.63, 3.8) is 0 Å². The van der Waals surface area contributed by atoms with Crippen LogP contribution in [0.3, 0.4) is 0 Å². The number of hydrogen-bond acceptors (Lipinski definition) is 1. The van der Waals surface area contributed by atoms with Crippen LogP contribution in [0.5, 0.6) is 0 Å². The summed E-state index contributed by atoms with van der Waals surface area (Å²) in [5, 5.41) is 1.12. The highest BCUT2D eigenvalue weighted by molar-refractivity contribution is 9.09. The van der Waals surface area contributed by atoms with E-state index in [1.807, 2.05) is 0 Å². The molecule has 0 spiro atoms. The molecule has 0 atom stereocenters. The molecular weight excluding hydrogens is 288 g/mol. The third-order valence-corrected chi connectivity index (χ3v) is 5.44. The highest BCUT2D eigenvalue weighted by Crippen LogP contribution is 2.38. The van der Waals surface area contributed by atoms with Crippen LogP contribution in [-0.2, 0) is 4.74 Å². The topological polar surface area (TPSA) is 9.23 Å². The lowest BCUT2D eigenvalue weighted by molar-refractivity contribution is 0.0331. The van der Waals surface area contributed by atoms with Crippen LogP contribution in [0.4, 0.5) is 0 Å². The minimum atomic E-state index is 0.459. The maximum absolute atomic E-state index is 5.94. The summed E-state index contributed by atoms with van der Waals surface area (Å²) in [5.41, 5.74) is 0.459. The Bertz CT molecular complexity index is 188. The van der Waals surface area contributed by atoms with Crippen LogP contribution in [0.15, 0.2) is 0 Å². The van der Waals surface area contributed by atoms with Crippen molar-refractivity contribution in [2.75, 3.05) is 18.5 Å². The molecule has 0 aliphatic heterocycles. The maximum atomic E-state index is 5.94. The highest BCUT2D eigenvalue weighted by atomic mass is 79.9. The van der Waals surface area contributed by atoms with Gasteiger partial charge in [0.1, 0.15) is 0 Å². The summed E-state index contributed by atoms with van der Waals surface area (Å²) in [6.45, 7) is 4.22. The summed E-state index contributed by atoms with van der Waals surface area (Å²) in [5.74, 6) is 0. The first-order valence-corrected chi connectivity index (χ1v) is 9.09. The molecule has 0 aromatic heterocycles. The molecule has 0 unspecified atom stereocenters. The second-order valence-electron chi connectivity index (χ2n) is 6.01. The lowest BCUT2D eigenvalue weighted by atomic mass is 9.76. The van der Waals surface area contributed by atoms with E-state index in [9.17, 15) is 0 Å². The smallest absolute Gasteiger partial charge is 0.0530 e. The van der Waals surface area contributed by atoms with Gasteiger partial charge in [-0.3, -0.25) is 0 Å². The Morgan fingerprint density at radius 1 is 0.944 bits per heavy atom. The molecule has 2 heteroatoms. The fraction of sp³-hybridized carbons (Fsp3) is 1.00. The standard InChI is InChI=1S/C16H31BrO/c1-2-3-4-5-6-10-13-18-15-16(14-17)11-8-7-9-12-16/h2-15H2,1H3. The number of ether oxygens (including phenoxy) is 1. The van der Waals surface area contributed by atoms with Crippen LogP contribution < -0.4 is 0 Å². The van der Waals surface area contributed by atoms with Crippen LogP contribution in [0, 0.1) is 5.41 Å². The van der Waals surface area contributed by atoms with E-state index in [-0.39, 0.29) is 0 Å². The zero-order chi connectivity index (χ0) is 13.1. The molecule has 0 amide bonds. The normalized spacial score (nSPS) is 19.0. The zero-order valence-electron chi connectivity index (χ0n) is 12.2. The van der Waals surface area contributed by atoms with Gasteiger partial charge in [0.2, 0.25) is 0 Å². The SMILES string of the molecule is CCCCCCCCOCC1(CBr)CCCCC1. The molecule has 1 saturated carbocycles. The van der Waals surface area contributed by atoms with Crippen molar-refractivity contribution in [3.8, 4) is 0 Å². The van der Waals surface area contributed by atoms with Crippen LogP contribution in [0.1, 0.15) is 77.6 Å². The Kier molecular flexibility index (Phi) is 9.40. The van der Waals surface area contributed by atoms with E-state index in [1.165, 1.54) is 70.6 Å². The van der Waals surface area contributed by atoms with E-state index in [4.69, 9.17) is 4.74 Å². The molecule has 0 saturated heterocycles. The Hall–Kier alpha value is 0.440. The van der Waals surface area contributed by atoms with Gasteiger partial charge in [0.05, 0.1) is 6.61 Å². The first kappa shape index (κ1) is 16.5. The summed E-state index contributed by atoms with van der Waals surface area (Å²) < 4.78 is 5.94. The average Bonchev–Trinajstić information content (AvgIpc) is 2.43. The molecule has 0 bridgehead atoms. The van der Waals surface area contributed by atoms with Crippen molar-refractivity contribution in [2.45, 2.75) is 77.6 Å². The van der Waals surface area contributed by atoms with Crippen molar-refractivity contribution in [1.29, 1.82) is 0 Å². The number of alkyl halides is 1. The molecule has 0 aromatic carbocycles. The first-order chi connectivity index (χ1) is 8.83. The quantitative estimate of drug-likeness (QED) is 0.370. The fourth-order valence-corrected chi connectivity index (χ4v) is 3.61. The van der Waals surface area contributed by atoms with Gasteiger partial charge in [-0.1, -0.05) is 74.2 Å². The van der Waals surface area contributed by atoms with Crippen molar-refractivity contribution >= 4 is 15.9 Å². The lowest BCUT2D eigenvalue weighted by Crippen LogP contribution is -2.31. The summed E-state index contributed by atoms with van der Waals surface area (Å²) >= 11 is 3.70. The molecular formula is C16H31BrO. The van der Waals surface area contributed by atoms with Crippen LogP contribution >= 0.6 is 15.9 Å². The highest BCUT2D eigenvalue weighted by Gasteiger charge is 2.30. The predicted molar refractivity (Wildman–Crippen MR) is 83.5 cm³/mol. The van der Waals surface area contributed by atoms with E-state index in [2.05, 4.69) is 22.9 Å². The van der Waals surface area contributed by atoms with Gasteiger partial charge in [-0.2, -0.15) is 0 Å². The molecule has 18 heavy (non-hydrogen) atoms. The number of unbranched alkanes of at least 4 members (excludes halogenated alkanes) is 5. The monoisotopic (exact) mass is 318 g/mol. The molecule has 1 aliphatic carbocycles. The van der Waals surface area contributed by atoms with Gasteiger partial charge in [-0.05, 0) is 19.3 Å². The molecule has 108 valence electrons. The van der Waals surface area contributed by atoms with Crippen LogP contribution in [-0.4, -0.2) is 18.5 Å². The van der Waals surface area contributed by atoms with Gasteiger partial charge >= 0.3 is 0 Å². The molecule has 0 heterocycles. The number of rotatable bonds is 10. The van der Waals surface area contributed by atoms with Gasteiger partial charge in [0.15, 0.2) is 0 Å². The molecule has 1 nitrogen and oxygen atoms in total. The predicted octanol–water partition coefficient (Wildman–Crippen LogP) is 5.71. The number of halogens is 1. The maximum Gasteiger partial charge on any atom is 0.0530 e. The van der Waals surface area contributed by atoms with E-state index in [0.717, 1.165) is 18.5 Å². The molecule has 1 aliphatic rings. The largest absolute Gasteiger partial charge is 0.381 e. The van der Waals surface area contributed by atoms with Crippen molar-refractivity contribution in [1.82, 2.24) is 0 Å². The van der Waals surface area contributed by atoms with E-state index in [1.54, 1.807) is 0 Å². The van der Waals surface area contributed by atoms with E-state index >= 15 is 0 Å². The molecule has 0 radical (unpaired) electrons. The molecule has 0 N–H and O–H groups in total. The fourth-order valence-electron chi connectivity index (χ4n) is 2.89. The van der Waals surface area contributed by atoms with Crippen molar-refractivity contribution < 1.29 is 4.74 Å². The third kappa shape index (κ3) is 6.56. The summed E-state index contributed by atoms with van der Waals surface area (Å²) in [7, 11) is 0. The lowest BCUT2D eigenvalue weighted by Gasteiger charge is -2.35. The van der Waals surface area contributed by atoms with Gasteiger partial charge < -0.3 is 4.74 Å². The van der Waals surface area contributed by atoms with Crippen molar-refractivity contribution in [3.05, 3.63) is 0 Å². The second-order valence-corrected chi connectivity index (χ2v) is 6.58. The van der Waals surface area contributed by atoms with Crippen molar-refractivity contribution in [2.24, 2.45) is 5.41 Å². The van der Waals surface area contributed by atoms with Gasteiger partial charge in [0.25, 0.3) is 0 Å². The third-order valence-electron chi connectivity index (χ3n) is 4.25. The van der Waals surface area contributed by atoms with Gasteiger partial charge in [-0.25, -0.2) is 0 Å². The summed E-state index contributed by atoms with van der Waals surface area (Å²) in [6, 6.07) is 0. The second kappa shape index (κ2) is 10.3. The van der Waals surface area contributed by atoms with E-state index in [0.29, 0.717) is 5.41 Å². The Balaban J connectivity index is 1.98. The first-order valence-electron chi connectivity index (χ1n) is 7.97. The van der Waals surface area contributed by atoms with Crippen LogP contribution in [0.25, 0.3) is 0 Å². The summed E-state index contributed by atoms with van der Waals surface area (Å²) in [6.07, 6.45) is 15.1. The van der Waals surface area contributed by atoms with E-state index < -0.39 is 0 Å². The Morgan fingerprint density at radius 2 is 1.61 bits per heavy atom.